The summed E-state index contributed by atoms with van der Waals surface area (Å²) in [6.45, 7) is 3.18. The van der Waals surface area contributed by atoms with Gasteiger partial charge in [-0.15, -0.1) is 0 Å². The number of benzene rings is 3. The normalized spacial score (nSPS) is 12.0. The van der Waals surface area contributed by atoms with Crippen LogP contribution in [0.1, 0.15) is 34.1 Å². The molecule has 1 heterocycles. The molecule has 0 saturated carbocycles. The van der Waals surface area contributed by atoms with Crippen molar-refractivity contribution in [1.82, 2.24) is 4.57 Å². The van der Waals surface area contributed by atoms with E-state index in [1.807, 2.05) is 30.3 Å². The zero-order chi connectivity index (χ0) is 26.0. The Hall–Kier alpha value is -3.84. The van der Waals surface area contributed by atoms with Crippen LogP contribution >= 0.6 is 0 Å². The summed E-state index contributed by atoms with van der Waals surface area (Å²) in [7, 11) is 1.34. The van der Waals surface area contributed by atoms with Crippen LogP contribution < -0.4 is 15.9 Å². The van der Waals surface area contributed by atoms with Crippen LogP contribution in [0, 0.1) is 31.3 Å². The minimum absolute atomic E-state index is 0.0129. The monoisotopic (exact) mass is 492 g/mol. The Kier molecular flexibility index (Phi) is 7.31. The van der Waals surface area contributed by atoms with E-state index in [2.05, 4.69) is 0 Å². The van der Waals surface area contributed by atoms with Gasteiger partial charge in [-0.3, -0.25) is 4.79 Å². The molecule has 0 aliphatic rings. The summed E-state index contributed by atoms with van der Waals surface area (Å²) in [5.74, 6) is -2.11. The molecular formula is C29H27F3N2O2. The van der Waals surface area contributed by atoms with Crippen molar-refractivity contribution >= 4 is 0 Å². The zero-order valence-electron chi connectivity index (χ0n) is 20.3. The van der Waals surface area contributed by atoms with Gasteiger partial charge in [0, 0.05) is 34.1 Å². The highest BCUT2D eigenvalue weighted by Gasteiger charge is 2.24. The van der Waals surface area contributed by atoms with Gasteiger partial charge in [0.05, 0.1) is 19.2 Å². The van der Waals surface area contributed by atoms with E-state index >= 15 is 4.39 Å². The minimum Gasteiger partial charge on any atom is -0.494 e. The fourth-order valence-corrected chi connectivity index (χ4v) is 4.56. The Balaban J connectivity index is 1.96. The fraction of sp³-hybridized carbons (Fsp3) is 0.207. The largest absolute Gasteiger partial charge is 0.494 e. The van der Waals surface area contributed by atoms with Gasteiger partial charge in [0.1, 0.15) is 11.6 Å². The maximum absolute atomic E-state index is 15.3. The molecule has 0 aliphatic carbocycles. The third kappa shape index (κ3) is 4.66. The molecule has 0 radical (unpaired) electrons. The van der Waals surface area contributed by atoms with E-state index in [1.54, 1.807) is 24.5 Å². The number of aromatic nitrogens is 1. The van der Waals surface area contributed by atoms with Gasteiger partial charge in [-0.2, -0.15) is 0 Å². The number of nitrogens with two attached hydrogens (primary N) is 1. The van der Waals surface area contributed by atoms with Crippen LogP contribution in [-0.4, -0.2) is 11.7 Å². The highest BCUT2D eigenvalue weighted by molar-refractivity contribution is 5.69. The Morgan fingerprint density at radius 1 is 0.861 bits per heavy atom. The van der Waals surface area contributed by atoms with Gasteiger partial charge in [0.25, 0.3) is 0 Å². The first-order valence-corrected chi connectivity index (χ1v) is 11.5. The van der Waals surface area contributed by atoms with Gasteiger partial charge in [0.2, 0.25) is 0 Å². The van der Waals surface area contributed by atoms with Crippen LogP contribution in [0.25, 0.3) is 11.1 Å². The predicted octanol–water partition coefficient (Wildman–Crippen LogP) is 5.85. The molecule has 0 aliphatic heterocycles. The number of hydrogen-bond acceptors (Lipinski definition) is 3. The molecule has 1 atom stereocenters. The van der Waals surface area contributed by atoms with Crippen molar-refractivity contribution in [1.29, 1.82) is 0 Å². The van der Waals surface area contributed by atoms with Gasteiger partial charge in [-0.05, 0) is 44.0 Å². The smallest absolute Gasteiger partial charge is 0.193 e. The lowest BCUT2D eigenvalue weighted by molar-refractivity contribution is 0.387. The van der Waals surface area contributed by atoms with Crippen molar-refractivity contribution in [2.75, 3.05) is 7.11 Å². The summed E-state index contributed by atoms with van der Waals surface area (Å²) < 4.78 is 51.3. The molecule has 0 bridgehead atoms. The molecule has 0 saturated heterocycles. The summed E-state index contributed by atoms with van der Waals surface area (Å²) in [4.78, 5) is 13.8. The second-order valence-corrected chi connectivity index (χ2v) is 8.68. The Morgan fingerprint density at radius 2 is 1.50 bits per heavy atom. The first kappa shape index (κ1) is 25.3. The second kappa shape index (κ2) is 10.4. The molecule has 1 unspecified atom stereocenters. The van der Waals surface area contributed by atoms with E-state index < -0.39 is 23.5 Å². The summed E-state index contributed by atoms with van der Waals surface area (Å²) in [6, 6.07) is 17.0. The van der Waals surface area contributed by atoms with Gasteiger partial charge in [-0.25, -0.2) is 13.2 Å². The average molecular weight is 493 g/mol. The highest BCUT2D eigenvalue weighted by Crippen LogP contribution is 2.31. The summed E-state index contributed by atoms with van der Waals surface area (Å²) in [6.07, 6.45) is 0.160. The number of halogens is 3. The second-order valence-electron chi connectivity index (χ2n) is 8.68. The van der Waals surface area contributed by atoms with Crippen LogP contribution in [0.2, 0.25) is 0 Å². The number of methoxy groups -OCH3 is 1. The van der Waals surface area contributed by atoms with Crippen molar-refractivity contribution in [2.45, 2.75) is 32.9 Å². The van der Waals surface area contributed by atoms with Crippen molar-refractivity contribution in [2.24, 2.45) is 5.73 Å². The lowest BCUT2D eigenvalue weighted by atomic mass is 9.93. The average Bonchev–Trinajstić information content (AvgIpc) is 2.87. The molecule has 1 aromatic heterocycles. The van der Waals surface area contributed by atoms with Crippen molar-refractivity contribution < 1.29 is 17.9 Å². The Labute approximate surface area is 207 Å². The van der Waals surface area contributed by atoms with E-state index in [1.165, 1.54) is 37.4 Å². The standard InChI is InChI=1S/C29H27F3N2O2/c1-17-21(15-25(33)19-9-5-4-6-10-19)29(35)27(20-11-7-14-26(36-3)28(20)32)18(2)34(17)16-22-23(30)12-8-13-24(22)31/h4-14,25H,15-16,33H2,1-3H3. The maximum Gasteiger partial charge on any atom is 0.193 e. The van der Waals surface area contributed by atoms with Crippen molar-refractivity contribution in [3.63, 3.8) is 0 Å². The number of hydrogen-bond donors (Lipinski definition) is 1. The lowest BCUT2D eigenvalue weighted by Crippen LogP contribution is -2.27. The number of pyridine rings is 1. The van der Waals surface area contributed by atoms with Gasteiger partial charge in [-0.1, -0.05) is 48.5 Å². The third-order valence-electron chi connectivity index (χ3n) is 6.59. The Morgan fingerprint density at radius 3 is 2.14 bits per heavy atom. The Bertz CT molecular complexity index is 1450. The van der Waals surface area contributed by atoms with Crippen molar-refractivity contribution in [3.8, 4) is 16.9 Å². The SMILES string of the molecule is COc1cccc(-c2c(C)n(Cc3c(F)cccc3F)c(C)c(CC(N)c3ccccc3)c2=O)c1F. The van der Waals surface area contributed by atoms with Gasteiger partial charge in [0.15, 0.2) is 17.0 Å². The van der Waals surface area contributed by atoms with Crippen molar-refractivity contribution in [3.05, 3.63) is 122 Å². The van der Waals surface area contributed by atoms with E-state index in [0.29, 0.717) is 17.0 Å². The molecule has 186 valence electrons. The lowest BCUT2D eigenvalue weighted by Gasteiger charge is -2.23. The van der Waals surface area contributed by atoms with Gasteiger partial charge < -0.3 is 15.0 Å². The van der Waals surface area contributed by atoms with E-state index in [0.717, 1.165) is 5.56 Å². The number of ether oxygens (including phenoxy) is 1. The molecule has 4 rings (SSSR count). The molecule has 0 fully saturated rings. The number of rotatable bonds is 7. The topological polar surface area (TPSA) is 57.2 Å². The molecule has 7 heteroatoms. The molecule has 0 amide bonds. The van der Waals surface area contributed by atoms with E-state index in [-0.39, 0.29) is 40.8 Å². The summed E-state index contributed by atoms with van der Waals surface area (Å²) >= 11 is 0. The molecular weight excluding hydrogens is 465 g/mol. The molecule has 2 N–H and O–H groups in total. The highest BCUT2D eigenvalue weighted by atomic mass is 19.1. The molecule has 4 aromatic rings. The minimum atomic E-state index is -0.704. The molecule has 3 aromatic carbocycles. The fourth-order valence-electron chi connectivity index (χ4n) is 4.56. The van der Waals surface area contributed by atoms with Crippen LogP contribution in [0.5, 0.6) is 5.75 Å². The van der Waals surface area contributed by atoms with E-state index in [4.69, 9.17) is 10.5 Å². The quantitative estimate of drug-likeness (QED) is 0.352. The van der Waals surface area contributed by atoms with Crippen LogP contribution in [0.4, 0.5) is 13.2 Å². The third-order valence-corrected chi connectivity index (χ3v) is 6.59. The zero-order valence-corrected chi connectivity index (χ0v) is 20.3. The van der Waals surface area contributed by atoms with Gasteiger partial charge >= 0.3 is 0 Å². The van der Waals surface area contributed by atoms with Crippen LogP contribution in [0.3, 0.4) is 0 Å². The predicted molar refractivity (Wildman–Crippen MR) is 135 cm³/mol. The molecule has 4 nitrogen and oxygen atoms in total. The van der Waals surface area contributed by atoms with Crippen LogP contribution in [0.15, 0.2) is 71.5 Å². The first-order chi connectivity index (χ1) is 17.2. The van der Waals surface area contributed by atoms with E-state index in [9.17, 15) is 13.6 Å². The molecule has 0 spiro atoms. The number of nitrogens with zero attached hydrogens (tertiary/aromatic N) is 1. The molecule has 36 heavy (non-hydrogen) atoms. The summed E-state index contributed by atoms with van der Waals surface area (Å²) in [5.41, 5.74) is 8.15. The summed E-state index contributed by atoms with van der Waals surface area (Å²) in [5, 5.41) is 0. The first-order valence-electron chi connectivity index (χ1n) is 11.5. The van der Waals surface area contributed by atoms with Crippen LogP contribution in [-0.2, 0) is 13.0 Å². The maximum atomic E-state index is 15.3.